The number of hydrogen-bond acceptors (Lipinski definition) is 15. The van der Waals surface area contributed by atoms with Gasteiger partial charge in [-0.1, -0.05) is 287 Å². The minimum Gasteiger partial charge on any atom is -0.462 e. The SMILES string of the molecule is CCC(C)CCCCCCCCC(=O)OC[C@H](COP(=O)(O)OC[C@H](O)COP(=O)(O)OC[C@@H](COC(=O)CCCCCCCCC(C)CC)OC(=O)CCCCCCCCCC(C)C)OC(=O)CCCCCCCCCCCCCCCCCC(C)C. The number of aliphatic hydroxyl groups is 1. The summed E-state index contributed by atoms with van der Waals surface area (Å²) < 4.78 is 68.2. The average Bonchev–Trinajstić information content (AvgIpc) is 3.55. The molecule has 4 unspecified atom stereocenters. The molecule has 0 saturated heterocycles. The first-order valence-electron chi connectivity index (χ1n) is 35.8. The Hall–Kier alpha value is -1.94. The smallest absolute Gasteiger partial charge is 0.462 e. The zero-order chi connectivity index (χ0) is 65.4. The Labute approximate surface area is 537 Å². The summed E-state index contributed by atoms with van der Waals surface area (Å²) in [5.41, 5.74) is 0. The molecule has 0 heterocycles. The summed E-state index contributed by atoms with van der Waals surface area (Å²) in [6, 6.07) is 0. The maximum absolute atomic E-state index is 13.0. The molecule has 19 heteroatoms. The molecule has 0 aliphatic carbocycles. The molecule has 0 fully saturated rings. The van der Waals surface area contributed by atoms with E-state index < -0.39 is 97.5 Å². The van der Waals surface area contributed by atoms with Gasteiger partial charge in [0.15, 0.2) is 12.2 Å². The lowest BCUT2D eigenvalue weighted by molar-refractivity contribution is -0.161. The van der Waals surface area contributed by atoms with Crippen LogP contribution >= 0.6 is 15.6 Å². The van der Waals surface area contributed by atoms with Crippen molar-refractivity contribution in [1.82, 2.24) is 0 Å². The van der Waals surface area contributed by atoms with Gasteiger partial charge in [-0.25, -0.2) is 9.13 Å². The van der Waals surface area contributed by atoms with Gasteiger partial charge < -0.3 is 33.8 Å². The predicted octanol–water partition coefficient (Wildman–Crippen LogP) is 19.3. The van der Waals surface area contributed by atoms with E-state index in [1.165, 1.54) is 128 Å². The molecule has 3 N–H and O–H groups in total. The van der Waals surface area contributed by atoms with E-state index in [4.69, 9.17) is 37.0 Å². The molecule has 0 aliphatic heterocycles. The molecule has 0 saturated carbocycles. The van der Waals surface area contributed by atoms with Gasteiger partial charge in [-0.05, 0) is 49.4 Å². The molecule has 17 nitrogen and oxygen atoms in total. The monoisotopic (exact) mass is 1300 g/mol. The van der Waals surface area contributed by atoms with E-state index in [0.29, 0.717) is 31.6 Å². The van der Waals surface area contributed by atoms with E-state index in [0.717, 1.165) is 120 Å². The number of ether oxygens (including phenoxy) is 4. The van der Waals surface area contributed by atoms with Gasteiger partial charge in [-0.2, -0.15) is 0 Å². The van der Waals surface area contributed by atoms with Crippen molar-refractivity contribution in [2.75, 3.05) is 39.6 Å². The molecular weight excluding hydrogens is 1160 g/mol. The maximum atomic E-state index is 13.0. The molecule has 0 aromatic rings. The third-order valence-electron chi connectivity index (χ3n) is 16.5. The fraction of sp³-hybridized carbons (Fsp3) is 0.942. The number of hydrogen-bond donors (Lipinski definition) is 3. The van der Waals surface area contributed by atoms with Gasteiger partial charge in [0.2, 0.25) is 0 Å². The van der Waals surface area contributed by atoms with Crippen molar-refractivity contribution >= 4 is 39.5 Å². The fourth-order valence-electron chi connectivity index (χ4n) is 10.2. The van der Waals surface area contributed by atoms with Crippen LogP contribution in [0.2, 0.25) is 0 Å². The highest BCUT2D eigenvalue weighted by Gasteiger charge is 2.30. The summed E-state index contributed by atoms with van der Waals surface area (Å²) >= 11 is 0. The van der Waals surface area contributed by atoms with Gasteiger partial charge in [0.05, 0.1) is 26.4 Å². The van der Waals surface area contributed by atoms with Gasteiger partial charge in [0, 0.05) is 25.7 Å². The van der Waals surface area contributed by atoms with Crippen molar-refractivity contribution in [1.29, 1.82) is 0 Å². The zero-order valence-electron chi connectivity index (χ0n) is 57.3. The summed E-state index contributed by atoms with van der Waals surface area (Å²) in [5, 5.41) is 10.6. The van der Waals surface area contributed by atoms with Crippen molar-refractivity contribution < 1.29 is 80.2 Å². The van der Waals surface area contributed by atoms with Crippen LogP contribution in [0, 0.1) is 23.7 Å². The third kappa shape index (κ3) is 60.3. The van der Waals surface area contributed by atoms with E-state index in [1.54, 1.807) is 0 Å². The Kier molecular flexibility index (Phi) is 57.6. The van der Waals surface area contributed by atoms with Gasteiger partial charge >= 0.3 is 39.5 Å². The lowest BCUT2D eigenvalue weighted by Gasteiger charge is -2.21. The van der Waals surface area contributed by atoms with Crippen molar-refractivity contribution in [3.8, 4) is 0 Å². The second-order valence-electron chi connectivity index (χ2n) is 26.4. The Morgan fingerprint density at radius 1 is 0.318 bits per heavy atom. The summed E-state index contributed by atoms with van der Waals surface area (Å²) in [6.07, 6.45) is 40.5. The van der Waals surface area contributed by atoms with Crippen LogP contribution in [0.15, 0.2) is 0 Å². The highest BCUT2D eigenvalue weighted by molar-refractivity contribution is 7.47. The first-order chi connectivity index (χ1) is 42.2. The fourth-order valence-corrected chi connectivity index (χ4v) is 11.8. The van der Waals surface area contributed by atoms with Crippen LogP contribution in [0.3, 0.4) is 0 Å². The number of phosphoric ester groups is 2. The highest BCUT2D eigenvalue weighted by Crippen LogP contribution is 2.45. The zero-order valence-corrected chi connectivity index (χ0v) is 59.1. The first kappa shape index (κ1) is 86.1. The molecular formula is C69H134O17P2. The van der Waals surface area contributed by atoms with Crippen molar-refractivity contribution in [2.24, 2.45) is 23.7 Å². The van der Waals surface area contributed by atoms with Crippen LogP contribution in [-0.4, -0.2) is 96.7 Å². The quantitative estimate of drug-likeness (QED) is 0.0222. The van der Waals surface area contributed by atoms with E-state index in [1.807, 2.05) is 0 Å². The number of carbonyl (C=O) groups is 4. The number of rotatable bonds is 66. The molecule has 522 valence electrons. The third-order valence-corrected chi connectivity index (χ3v) is 18.4. The largest absolute Gasteiger partial charge is 0.472 e. The second kappa shape index (κ2) is 58.8. The lowest BCUT2D eigenvalue weighted by Crippen LogP contribution is -2.30. The maximum Gasteiger partial charge on any atom is 0.472 e. The highest BCUT2D eigenvalue weighted by atomic mass is 31.2. The van der Waals surface area contributed by atoms with E-state index in [2.05, 4.69) is 55.4 Å². The van der Waals surface area contributed by atoms with E-state index >= 15 is 0 Å². The molecule has 0 amide bonds. The second-order valence-corrected chi connectivity index (χ2v) is 29.3. The molecule has 0 spiro atoms. The standard InChI is InChI=1S/C69H134O17P2/c1-9-61(7)47-39-31-25-27-33-41-49-66(71)79-55-64(85-68(73)51-43-35-23-19-17-15-13-11-12-14-16-18-21-29-37-45-59(3)4)57-83-87(75,76)81-53-63(70)54-82-88(77,78)84-58-65(86-69(74)52-44-36-24-20-22-30-38-46-60(5)6)56-80-67(72)50-42-34-28-26-32-40-48-62(8)10-2/h59-65,70H,9-58H2,1-8H3,(H,75,76)(H,77,78)/t61?,62?,63-,64+,65+/m0/s1. The molecule has 0 radical (unpaired) electrons. The number of unbranched alkanes of at least 4 members (excludes halogenated alkanes) is 30. The minimum atomic E-state index is -4.95. The van der Waals surface area contributed by atoms with Crippen LogP contribution < -0.4 is 0 Å². The van der Waals surface area contributed by atoms with Crippen LogP contribution in [0.1, 0.15) is 338 Å². The van der Waals surface area contributed by atoms with Gasteiger partial charge in [-0.3, -0.25) is 37.3 Å². The van der Waals surface area contributed by atoms with Crippen molar-refractivity contribution in [2.45, 2.75) is 356 Å². The van der Waals surface area contributed by atoms with Crippen LogP contribution in [-0.2, 0) is 65.4 Å². The summed E-state index contributed by atoms with van der Waals surface area (Å²) in [7, 11) is -9.90. The van der Waals surface area contributed by atoms with Gasteiger partial charge in [0.1, 0.15) is 19.3 Å². The summed E-state index contributed by atoms with van der Waals surface area (Å²) in [5.74, 6) is 0.825. The average molecular weight is 1300 g/mol. The summed E-state index contributed by atoms with van der Waals surface area (Å²) in [4.78, 5) is 72.4. The normalized spacial score (nSPS) is 14.9. The molecule has 0 aromatic carbocycles. The van der Waals surface area contributed by atoms with Gasteiger partial charge in [-0.15, -0.1) is 0 Å². The molecule has 88 heavy (non-hydrogen) atoms. The molecule has 0 aliphatic rings. The minimum absolute atomic E-state index is 0.102. The van der Waals surface area contributed by atoms with Crippen LogP contribution in [0.25, 0.3) is 0 Å². The Balaban J connectivity index is 5.22. The molecule has 7 atom stereocenters. The van der Waals surface area contributed by atoms with Crippen LogP contribution in [0.5, 0.6) is 0 Å². The Morgan fingerprint density at radius 2 is 0.545 bits per heavy atom. The van der Waals surface area contributed by atoms with E-state index in [-0.39, 0.29) is 25.7 Å². The lowest BCUT2D eigenvalue weighted by atomic mass is 10.00. The number of esters is 4. The topological polar surface area (TPSA) is 237 Å². The Bertz CT molecular complexity index is 1750. The molecule has 0 bridgehead atoms. The molecule has 0 aromatic heterocycles. The van der Waals surface area contributed by atoms with Crippen LogP contribution in [0.4, 0.5) is 0 Å². The number of aliphatic hydroxyl groups excluding tert-OH is 1. The summed E-state index contributed by atoms with van der Waals surface area (Å²) in [6.45, 7) is 14.0. The molecule has 0 rings (SSSR count). The number of carbonyl (C=O) groups excluding carboxylic acids is 4. The van der Waals surface area contributed by atoms with E-state index in [9.17, 15) is 43.2 Å². The van der Waals surface area contributed by atoms with Gasteiger partial charge in [0.25, 0.3) is 0 Å². The first-order valence-corrected chi connectivity index (χ1v) is 38.8. The van der Waals surface area contributed by atoms with Crippen molar-refractivity contribution in [3.63, 3.8) is 0 Å². The van der Waals surface area contributed by atoms with Crippen molar-refractivity contribution in [3.05, 3.63) is 0 Å². The number of phosphoric acid groups is 2. The predicted molar refractivity (Wildman–Crippen MR) is 354 cm³/mol. The Morgan fingerprint density at radius 3 is 0.807 bits per heavy atom.